The Morgan fingerprint density at radius 1 is 0.778 bits per heavy atom. The van der Waals surface area contributed by atoms with Gasteiger partial charge in [-0.25, -0.2) is 0 Å². The van der Waals surface area contributed by atoms with E-state index < -0.39 is 6.04 Å². The highest BCUT2D eigenvalue weighted by Crippen LogP contribution is 2.23. The minimum Gasteiger partial charge on any atom is -0.352 e. The zero-order valence-electron chi connectivity index (χ0n) is 22.3. The van der Waals surface area contributed by atoms with Crippen molar-refractivity contribution in [3.05, 3.63) is 107 Å². The molecule has 0 unspecified atom stereocenters. The van der Waals surface area contributed by atoms with Crippen LogP contribution in [0.2, 0.25) is 0 Å². The minimum atomic E-state index is -0.592. The van der Waals surface area contributed by atoms with E-state index in [-0.39, 0.29) is 23.3 Å². The van der Waals surface area contributed by atoms with Crippen molar-refractivity contribution in [2.24, 2.45) is 0 Å². The van der Waals surface area contributed by atoms with E-state index in [0.29, 0.717) is 25.8 Å². The Kier molecular flexibility index (Phi) is 9.46. The Morgan fingerprint density at radius 2 is 1.33 bits per heavy atom. The lowest BCUT2D eigenvalue weighted by Crippen LogP contribution is -2.51. The molecular weight excluding hydrogens is 444 g/mol. The summed E-state index contributed by atoms with van der Waals surface area (Å²) in [7, 11) is 0. The molecule has 0 fully saturated rings. The third kappa shape index (κ3) is 8.08. The number of hydrogen-bond acceptors (Lipinski definition) is 2. The zero-order chi connectivity index (χ0) is 26.1. The first kappa shape index (κ1) is 27.2. The van der Waals surface area contributed by atoms with E-state index in [1.54, 1.807) is 4.90 Å². The van der Waals surface area contributed by atoms with Gasteiger partial charge in [-0.2, -0.15) is 0 Å². The van der Waals surface area contributed by atoms with Gasteiger partial charge in [0, 0.05) is 25.4 Å². The summed E-state index contributed by atoms with van der Waals surface area (Å²) in [6.07, 6.45) is 1.46. The van der Waals surface area contributed by atoms with Crippen LogP contribution in [0, 0.1) is 0 Å². The van der Waals surface area contributed by atoms with Crippen LogP contribution in [0.5, 0.6) is 0 Å². The Hall–Kier alpha value is -3.40. The number of carbonyl (C=O) groups is 2. The average molecular weight is 485 g/mol. The molecule has 0 radical (unpaired) electrons. The monoisotopic (exact) mass is 484 g/mol. The summed E-state index contributed by atoms with van der Waals surface area (Å²) in [5.74, 6) is -0.133. The number of hydrogen-bond donors (Lipinski definition) is 1. The van der Waals surface area contributed by atoms with Gasteiger partial charge in [0.2, 0.25) is 11.8 Å². The van der Waals surface area contributed by atoms with Crippen molar-refractivity contribution in [2.75, 3.05) is 0 Å². The highest BCUT2D eigenvalue weighted by atomic mass is 16.2. The fourth-order valence-corrected chi connectivity index (χ4v) is 4.28. The largest absolute Gasteiger partial charge is 0.352 e. The van der Waals surface area contributed by atoms with Gasteiger partial charge < -0.3 is 10.2 Å². The molecule has 0 aromatic heterocycles. The molecule has 1 N–H and O–H groups in total. The fourth-order valence-electron chi connectivity index (χ4n) is 4.28. The maximum Gasteiger partial charge on any atom is 0.243 e. The third-order valence-corrected chi connectivity index (χ3v) is 6.35. The van der Waals surface area contributed by atoms with Crippen molar-refractivity contribution < 1.29 is 9.59 Å². The molecule has 4 heteroatoms. The van der Waals surface area contributed by atoms with E-state index in [0.717, 1.165) is 16.7 Å². The van der Waals surface area contributed by atoms with Gasteiger partial charge in [-0.15, -0.1) is 0 Å². The van der Waals surface area contributed by atoms with Crippen molar-refractivity contribution in [3.8, 4) is 0 Å². The van der Waals surface area contributed by atoms with Crippen LogP contribution in [0.3, 0.4) is 0 Å². The molecule has 190 valence electrons. The minimum absolute atomic E-state index is 0.00854. The summed E-state index contributed by atoms with van der Waals surface area (Å²) in [6.45, 7) is 10.9. The van der Waals surface area contributed by atoms with Crippen molar-refractivity contribution in [2.45, 2.75) is 77.9 Å². The van der Waals surface area contributed by atoms with Crippen LogP contribution < -0.4 is 5.32 Å². The van der Waals surface area contributed by atoms with E-state index >= 15 is 0 Å². The molecule has 0 saturated heterocycles. The summed E-state index contributed by atoms with van der Waals surface area (Å²) in [6, 6.07) is 27.8. The lowest BCUT2D eigenvalue weighted by Gasteiger charge is -2.32. The van der Waals surface area contributed by atoms with Crippen molar-refractivity contribution in [1.29, 1.82) is 0 Å². The second-order valence-corrected chi connectivity index (χ2v) is 10.8. The van der Waals surface area contributed by atoms with Crippen LogP contribution >= 0.6 is 0 Å². The first-order valence-electron chi connectivity index (χ1n) is 12.9. The van der Waals surface area contributed by atoms with E-state index in [4.69, 9.17) is 0 Å². The number of nitrogens with zero attached hydrogens (tertiary/aromatic N) is 1. The van der Waals surface area contributed by atoms with E-state index in [2.05, 4.69) is 50.4 Å². The molecule has 0 aliphatic rings. The van der Waals surface area contributed by atoms with Crippen molar-refractivity contribution in [3.63, 3.8) is 0 Å². The second-order valence-electron chi connectivity index (χ2n) is 10.8. The van der Waals surface area contributed by atoms with Gasteiger partial charge in [0.25, 0.3) is 0 Å². The molecule has 3 aromatic carbocycles. The fraction of sp³-hybridized carbons (Fsp3) is 0.375. The Labute approximate surface area is 216 Å². The van der Waals surface area contributed by atoms with E-state index in [1.165, 1.54) is 5.56 Å². The highest BCUT2D eigenvalue weighted by Gasteiger charge is 2.30. The molecule has 36 heavy (non-hydrogen) atoms. The summed E-state index contributed by atoms with van der Waals surface area (Å²) in [4.78, 5) is 28.9. The Morgan fingerprint density at radius 3 is 1.86 bits per heavy atom. The molecule has 4 nitrogen and oxygen atoms in total. The molecule has 0 heterocycles. The number of carbonyl (C=O) groups excluding carboxylic acids is 2. The maximum atomic E-state index is 13.7. The van der Waals surface area contributed by atoms with Crippen molar-refractivity contribution in [1.82, 2.24) is 10.2 Å². The molecule has 0 saturated carbocycles. The Bertz CT molecular complexity index is 1100. The lowest BCUT2D eigenvalue weighted by molar-refractivity contribution is -0.141. The van der Waals surface area contributed by atoms with Crippen LogP contribution in [-0.2, 0) is 34.4 Å². The molecular formula is C32H40N2O2. The SMILES string of the molecule is CC(C)NC(=O)[C@H](Cc1ccccc1)N(Cc1ccccc1)C(=O)CCc1ccc(C(C)(C)C)cc1. The Balaban J connectivity index is 1.85. The zero-order valence-corrected chi connectivity index (χ0v) is 22.3. The standard InChI is InChI=1S/C32H40N2O2/c1-24(2)33-31(36)29(22-26-12-8-6-9-13-26)34(23-27-14-10-7-11-15-27)30(35)21-18-25-16-19-28(20-17-25)32(3,4)5/h6-17,19-20,24,29H,18,21-23H2,1-5H3,(H,33,36)/t29-/m0/s1. The van der Waals surface area contributed by atoms with Crippen LogP contribution in [0.1, 0.15) is 63.3 Å². The maximum absolute atomic E-state index is 13.7. The molecule has 3 aromatic rings. The quantitative estimate of drug-likeness (QED) is 0.379. The lowest BCUT2D eigenvalue weighted by atomic mass is 9.86. The van der Waals surface area contributed by atoms with Gasteiger partial charge in [-0.05, 0) is 47.9 Å². The number of aryl methyl sites for hydroxylation is 1. The number of amides is 2. The summed E-state index contributed by atoms with van der Waals surface area (Å²) in [5.41, 5.74) is 4.54. The number of benzene rings is 3. The summed E-state index contributed by atoms with van der Waals surface area (Å²) >= 11 is 0. The highest BCUT2D eigenvalue weighted by molar-refractivity contribution is 5.88. The third-order valence-electron chi connectivity index (χ3n) is 6.35. The summed E-state index contributed by atoms with van der Waals surface area (Å²) in [5, 5.41) is 3.05. The van der Waals surface area contributed by atoms with Crippen LogP contribution in [0.4, 0.5) is 0 Å². The van der Waals surface area contributed by atoms with Crippen LogP contribution in [0.25, 0.3) is 0 Å². The van der Waals surface area contributed by atoms with Gasteiger partial charge in [-0.3, -0.25) is 9.59 Å². The van der Waals surface area contributed by atoms with Gasteiger partial charge >= 0.3 is 0 Å². The molecule has 0 aliphatic carbocycles. The first-order valence-corrected chi connectivity index (χ1v) is 12.9. The van der Waals surface area contributed by atoms with E-state index in [9.17, 15) is 9.59 Å². The average Bonchev–Trinajstić information content (AvgIpc) is 2.85. The summed E-state index contributed by atoms with van der Waals surface area (Å²) < 4.78 is 0. The molecule has 3 rings (SSSR count). The van der Waals surface area contributed by atoms with Crippen LogP contribution in [-0.4, -0.2) is 28.8 Å². The molecule has 0 spiro atoms. The first-order chi connectivity index (χ1) is 17.1. The van der Waals surface area contributed by atoms with Crippen molar-refractivity contribution >= 4 is 11.8 Å². The number of nitrogens with one attached hydrogen (secondary N) is 1. The molecule has 0 bridgehead atoms. The van der Waals surface area contributed by atoms with Crippen LogP contribution in [0.15, 0.2) is 84.9 Å². The molecule has 0 aliphatic heterocycles. The van der Waals surface area contributed by atoms with Gasteiger partial charge in [0.05, 0.1) is 0 Å². The predicted octanol–water partition coefficient (Wildman–Crippen LogP) is 6.08. The molecule has 2 amide bonds. The molecule has 1 atom stereocenters. The predicted molar refractivity (Wildman–Crippen MR) is 148 cm³/mol. The number of rotatable bonds is 10. The van der Waals surface area contributed by atoms with Gasteiger partial charge in [0.1, 0.15) is 6.04 Å². The van der Waals surface area contributed by atoms with E-state index in [1.807, 2.05) is 74.5 Å². The normalized spacial score (nSPS) is 12.3. The topological polar surface area (TPSA) is 49.4 Å². The van der Waals surface area contributed by atoms with Gasteiger partial charge in [0.15, 0.2) is 0 Å². The second kappa shape index (κ2) is 12.5. The smallest absolute Gasteiger partial charge is 0.243 e. The van der Waals surface area contributed by atoms with Gasteiger partial charge in [-0.1, -0.05) is 106 Å².